The molecule has 3 heteroatoms. The third kappa shape index (κ3) is 7.62. The van der Waals surface area contributed by atoms with Crippen LogP contribution in [0.2, 0.25) is 0 Å². The highest BCUT2D eigenvalue weighted by molar-refractivity contribution is 4.86. The maximum atomic E-state index is 8.34. The van der Waals surface area contributed by atoms with Gasteiger partial charge in [-0.2, -0.15) is 0 Å². The van der Waals surface area contributed by atoms with Gasteiger partial charge in [0.25, 0.3) is 5.97 Å². The van der Waals surface area contributed by atoms with Crippen molar-refractivity contribution in [2.75, 3.05) is 0 Å². The molecule has 3 nitrogen and oxygen atoms in total. The van der Waals surface area contributed by atoms with Gasteiger partial charge in [0.2, 0.25) is 0 Å². The van der Waals surface area contributed by atoms with Crippen LogP contribution in [0.15, 0.2) is 12.2 Å². The molecule has 0 rings (SSSR count). The highest BCUT2D eigenvalue weighted by atomic mass is 16.7. The smallest absolute Gasteiger partial charge is 0.297 e. The number of unbranched alkanes of at least 4 members (excludes halogenated alkanes) is 2. The summed E-state index contributed by atoms with van der Waals surface area (Å²) in [6.07, 6.45) is 5.32. The number of rotatable bonds is 4. The van der Waals surface area contributed by atoms with Crippen LogP contribution >= 0.6 is 0 Å². The van der Waals surface area contributed by atoms with E-state index in [0.29, 0.717) is 0 Å². The molecular formula is C7H14O3. The molecule has 0 radical (unpaired) electrons. The average molecular weight is 146 g/mol. The van der Waals surface area contributed by atoms with Gasteiger partial charge in [0.1, 0.15) is 0 Å². The first-order valence-corrected chi connectivity index (χ1v) is 3.41. The van der Waals surface area contributed by atoms with Gasteiger partial charge in [-0.25, -0.2) is 0 Å². The molecule has 0 amide bonds. The first-order chi connectivity index (χ1) is 4.56. The summed E-state index contributed by atoms with van der Waals surface area (Å²) >= 11 is 0. The minimum atomic E-state index is -2.63. The summed E-state index contributed by atoms with van der Waals surface area (Å²) in [6.45, 7) is 2.04. The minimum Gasteiger partial charge on any atom is -0.340 e. The maximum absolute atomic E-state index is 8.34. The molecule has 10 heavy (non-hydrogen) atoms. The zero-order chi connectivity index (χ0) is 8.04. The van der Waals surface area contributed by atoms with Gasteiger partial charge in [-0.3, -0.25) is 0 Å². The third-order valence-electron chi connectivity index (χ3n) is 1.07. The van der Waals surface area contributed by atoms with Crippen LogP contribution in [0.25, 0.3) is 0 Å². The van der Waals surface area contributed by atoms with Crippen molar-refractivity contribution >= 4 is 0 Å². The molecule has 0 saturated heterocycles. The highest BCUT2D eigenvalue weighted by Crippen LogP contribution is 1.99. The van der Waals surface area contributed by atoms with Crippen LogP contribution in [0.3, 0.4) is 0 Å². The predicted molar refractivity (Wildman–Crippen MR) is 38.1 cm³/mol. The minimum absolute atomic E-state index is 0.764. The van der Waals surface area contributed by atoms with Gasteiger partial charge in [0, 0.05) is 0 Å². The molecule has 0 fully saturated rings. The molecule has 3 N–H and O–H groups in total. The molecule has 60 valence electrons. The second kappa shape index (κ2) is 4.44. The lowest BCUT2D eigenvalue weighted by molar-refractivity contribution is -0.273. The molecule has 0 aromatic heterocycles. The Hall–Kier alpha value is -0.380. The van der Waals surface area contributed by atoms with Crippen molar-refractivity contribution in [2.45, 2.75) is 32.2 Å². The number of hydrogen-bond acceptors (Lipinski definition) is 3. The van der Waals surface area contributed by atoms with Crippen LogP contribution in [0.4, 0.5) is 0 Å². The van der Waals surface area contributed by atoms with Crippen molar-refractivity contribution in [3.63, 3.8) is 0 Å². The summed E-state index contributed by atoms with van der Waals surface area (Å²) in [5.74, 6) is -2.63. The van der Waals surface area contributed by atoms with E-state index < -0.39 is 5.97 Å². The van der Waals surface area contributed by atoms with Crippen LogP contribution in [0, 0.1) is 0 Å². The van der Waals surface area contributed by atoms with Crippen molar-refractivity contribution in [1.29, 1.82) is 0 Å². The highest BCUT2D eigenvalue weighted by Gasteiger charge is 2.10. The van der Waals surface area contributed by atoms with Crippen LogP contribution in [0.5, 0.6) is 0 Å². The molecule has 0 unspecified atom stereocenters. The maximum Gasteiger partial charge on any atom is 0.297 e. The van der Waals surface area contributed by atoms with E-state index in [4.69, 9.17) is 15.3 Å². The van der Waals surface area contributed by atoms with Crippen molar-refractivity contribution < 1.29 is 15.3 Å². The summed E-state index contributed by atoms with van der Waals surface area (Å²) in [5, 5.41) is 25.0. The van der Waals surface area contributed by atoms with E-state index in [-0.39, 0.29) is 0 Å². The van der Waals surface area contributed by atoms with Crippen molar-refractivity contribution in [3.8, 4) is 0 Å². The molecule has 0 aromatic carbocycles. The van der Waals surface area contributed by atoms with E-state index in [1.165, 1.54) is 0 Å². The summed E-state index contributed by atoms with van der Waals surface area (Å²) in [6, 6.07) is 0. The lowest BCUT2D eigenvalue weighted by Crippen LogP contribution is -2.23. The quantitative estimate of drug-likeness (QED) is 0.305. The summed E-state index contributed by atoms with van der Waals surface area (Å²) in [5.41, 5.74) is 0. The van der Waals surface area contributed by atoms with Gasteiger partial charge in [-0.05, 0) is 12.5 Å². The fourth-order valence-electron chi connectivity index (χ4n) is 0.563. The second-order valence-corrected chi connectivity index (χ2v) is 2.23. The first kappa shape index (κ1) is 9.62. The Bertz CT molecular complexity index is 102. The zero-order valence-electron chi connectivity index (χ0n) is 6.12. The first-order valence-electron chi connectivity index (χ1n) is 3.41. The molecular weight excluding hydrogens is 132 g/mol. The molecule has 0 aromatic rings. The number of aliphatic hydroxyl groups is 3. The van der Waals surface area contributed by atoms with E-state index in [0.717, 1.165) is 25.3 Å². The summed E-state index contributed by atoms with van der Waals surface area (Å²) in [4.78, 5) is 0. The van der Waals surface area contributed by atoms with Crippen molar-refractivity contribution in [3.05, 3.63) is 12.2 Å². The Kier molecular flexibility index (Phi) is 4.27. The topological polar surface area (TPSA) is 60.7 Å². The van der Waals surface area contributed by atoms with Crippen LogP contribution < -0.4 is 0 Å². The normalized spacial score (nSPS) is 12.8. The molecule has 0 atom stereocenters. The van der Waals surface area contributed by atoms with Crippen LogP contribution in [0.1, 0.15) is 26.2 Å². The van der Waals surface area contributed by atoms with Crippen molar-refractivity contribution in [1.82, 2.24) is 0 Å². The van der Waals surface area contributed by atoms with Crippen LogP contribution in [-0.2, 0) is 0 Å². The van der Waals surface area contributed by atoms with Gasteiger partial charge in [0.15, 0.2) is 0 Å². The lowest BCUT2D eigenvalue weighted by atomic mass is 10.2. The van der Waals surface area contributed by atoms with Gasteiger partial charge in [-0.1, -0.05) is 25.8 Å². The van der Waals surface area contributed by atoms with Gasteiger partial charge < -0.3 is 15.3 Å². The van der Waals surface area contributed by atoms with Gasteiger partial charge in [-0.15, -0.1) is 0 Å². The van der Waals surface area contributed by atoms with Gasteiger partial charge >= 0.3 is 0 Å². The largest absolute Gasteiger partial charge is 0.340 e. The van der Waals surface area contributed by atoms with Crippen molar-refractivity contribution in [2.24, 2.45) is 0 Å². The average Bonchev–Trinajstić information content (AvgIpc) is 1.78. The Balaban J connectivity index is 3.37. The second-order valence-electron chi connectivity index (χ2n) is 2.23. The molecule has 0 aliphatic heterocycles. The fraction of sp³-hybridized carbons (Fsp3) is 0.714. The van der Waals surface area contributed by atoms with E-state index in [1.807, 2.05) is 6.92 Å². The SMILES string of the molecule is CCCCC=CC(O)(O)O. The Morgan fingerprint density at radius 2 is 1.90 bits per heavy atom. The third-order valence-corrected chi connectivity index (χ3v) is 1.07. The Labute approximate surface area is 60.6 Å². The van der Waals surface area contributed by atoms with E-state index in [9.17, 15) is 0 Å². The Morgan fingerprint density at radius 3 is 2.30 bits per heavy atom. The number of allylic oxidation sites excluding steroid dienone is 1. The zero-order valence-corrected chi connectivity index (χ0v) is 6.12. The van der Waals surface area contributed by atoms with E-state index >= 15 is 0 Å². The van der Waals surface area contributed by atoms with E-state index in [1.54, 1.807) is 6.08 Å². The molecule has 0 aliphatic rings. The standard InChI is InChI=1S/C7H14O3/c1-2-3-4-5-6-7(8,9)10/h5-6,8-10H,2-4H2,1H3. The number of hydrogen-bond donors (Lipinski definition) is 3. The predicted octanol–water partition coefficient (Wildman–Crippen LogP) is 0.363. The molecule has 0 aliphatic carbocycles. The summed E-state index contributed by atoms with van der Waals surface area (Å²) < 4.78 is 0. The lowest BCUT2D eigenvalue weighted by Gasteiger charge is -2.06. The fourth-order valence-corrected chi connectivity index (χ4v) is 0.563. The van der Waals surface area contributed by atoms with Crippen LogP contribution in [-0.4, -0.2) is 21.3 Å². The summed E-state index contributed by atoms with van der Waals surface area (Å²) in [7, 11) is 0. The monoisotopic (exact) mass is 146 g/mol. The molecule has 0 heterocycles. The Morgan fingerprint density at radius 1 is 1.30 bits per heavy atom. The molecule has 0 saturated carbocycles. The van der Waals surface area contributed by atoms with Gasteiger partial charge in [0.05, 0.1) is 0 Å². The molecule has 0 spiro atoms. The molecule has 0 bridgehead atoms. The van der Waals surface area contributed by atoms with E-state index in [2.05, 4.69) is 0 Å².